The van der Waals surface area contributed by atoms with Crippen molar-refractivity contribution in [2.75, 3.05) is 19.7 Å². The normalized spacial score (nSPS) is 16.0. The van der Waals surface area contributed by atoms with Crippen LogP contribution in [-0.4, -0.2) is 43.4 Å². The lowest BCUT2D eigenvalue weighted by atomic mass is 9.98. The SMILES string of the molecule is O=C(OCCc1nc2ccccc2s1)C1CCN(S(=O)(=O)c2ccc(F)cc2)CC1. The number of thiazole rings is 1. The minimum Gasteiger partial charge on any atom is -0.465 e. The van der Waals surface area contributed by atoms with E-state index >= 15 is 0 Å². The highest BCUT2D eigenvalue weighted by Gasteiger charge is 2.32. The number of nitrogens with zero attached hydrogens (tertiary/aromatic N) is 2. The van der Waals surface area contributed by atoms with Crippen molar-refractivity contribution >= 4 is 37.5 Å². The second kappa shape index (κ2) is 8.79. The highest BCUT2D eigenvalue weighted by molar-refractivity contribution is 7.89. The van der Waals surface area contributed by atoms with E-state index in [1.807, 2.05) is 24.3 Å². The van der Waals surface area contributed by atoms with Crippen LogP contribution in [0.2, 0.25) is 0 Å². The van der Waals surface area contributed by atoms with Crippen LogP contribution in [0.4, 0.5) is 4.39 Å². The third-order valence-corrected chi connectivity index (χ3v) is 8.15. The van der Waals surface area contributed by atoms with Gasteiger partial charge in [-0.1, -0.05) is 12.1 Å². The lowest BCUT2D eigenvalue weighted by Crippen LogP contribution is -2.40. The Bertz CT molecular complexity index is 1100. The summed E-state index contributed by atoms with van der Waals surface area (Å²) >= 11 is 1.59. The van der Waals surface area contributed by atoms with Gasteiger partial charge >= 0.3 is 5.97 Å². The number of benzene rings is 2. The molecule has 30 heavy (non-hydrogen) atoms. The Labute approximate surface area is 178 Å². The van der Waals surface area contributed by atoms with Gasteiger partial charge in [0.1, 0.15) is 5.82 Å². The Hall–Kier alpha value is -2.36. The molecule has 1 fully saturated rings. The number of hydrogen-bond acceptors (Lipinski definition) is 6. The molecule has 0 unspecified atom stereocenters. The van der Waals surface area contributed by atoms with Crippen LogP contribution in [0.1, 0.15) is 17.8 Å². The second-order valence-electron chi connectivity index (χ2n) is 7.13. The Kier molecular flexibility index (Phi) is 6.12. The van der Waals surface area contributed by atoms with Crippen molar-refractivity contribution in [2.24, 2.45) is 5.92 Å². The number of fused-ring (bicyclic) bond motifs is 1. The molecule has 6 nitrogen and oxygen atoms in total. The summed E-state index contributed by atoms with van der Waals surface area (Å²) in [7, 11) is -3.69. The summed E-state index contributed by atoms with van der Waals surface area (Å²) in [4.78, 5) is 17.0. The van der Waals surface area contributed by atoms with E-state index in [0.717, 1.165) is 27.4 Å². The minimum absolute atomic E-state index is 0.0563. The maximum atomic E-state index is 13.1. The number of piperidine rings is 1. The third-order valence-electron chi connectivity index (χ3n) is 5.14. The molecule has 2 aromatic carbocycles. The lowest BCUT2D eigenvalue weighted by molar-refractivity contribution is -0.149. The molecule has 9 heteroatoms. The van der Waals surface area contributed by atoms with Gasteiger partial charge in [0.05, 0.1) is 32.6 Å². The van der Waals surface area contributed by atoms with Crippen molar-refractivity contribution in [1.82, 2.24) is 9.29 Å². The monoisotopic (exact) mass is 448 g/mol. The van der Waals surface area contributed by atoms with Gasteiger partial charge in [-0.2, -0.15) is 4.31 Å². The molecule has 158 valence electrons. The first-order chi connectivity index (χ1) is 14.4. The van der Waals surface area contributed by atoms with E-state index in [4.69, 9.17) is 4.74 Å². The number of carbonyl (C=O) groups is 1. The Balaban J connectivity index is 1.27. The van der Waals surface area contributed by atoms with Gasteiger partial charge in [0.2, 0.25) is 10.0 Å². The van der Waals surface area contributed by atoms with E-state index in [9.17, 15) is 17.6 Å². The number of aromatic nitrogens is 1. The molecule has 1 aliphatic rings. The van der Waals surface area contributed by atoms with Gasteiger partial charge in [-0.25, -0.2) is 17.8 Å². The van der Waals surface area contributed by atoms with E-state index in [-0.39, 0.29) is 36.5 Å². The topological polar surface area (TPSA) is 76.6 Å². The predicted molar refractivity (Wildman–Crippen MR) is 112 cm³/mol. The number of rotatable bonds is 6. The van der Waals surface area contributed by atoms with Crippen molar-refractivity contribution in [3.63, 3.8) is 0 Å². The molecule has 1 aliphatic heterocycles. The first-order valence-corrected chi connectivity index (χ1v) is 12.0. The standard InChI is InChI=1S/C21H21FN2O4S2/c22-16-5-7-17(8-6-16)30(26,27)24-12-9-15(10-13-24)21(25)28-14-11-20-23-18-3-1-2-4-19(18)29-20/h1-8,15H,9-14H2. The molecule has 0 spiro atoms. The Morgan fingerprint density at radius 2 is 1.83 bits per heavy atom. The van der Waals surface area contributed by atoms with E-state index < -0.39 is 15.8 Å². The summed E-state index contributed by atoms with van der Waals surface area (Å²) in [6, 6.07) is 12.6. The van der Waals surface area contributed by atoms with Crippen molar-refractivity contribution in [3.05, 3.63) is 59.4 Å². The molecule has 3 aromatic rings. The average Bonchev–Trinajstić information content (AvgIpc) is 3.17. The van der Waals surface area contributed by atoms with Crippen molar-refractivity contribution in [1.29, 1.82) is 0 Å². The minimum atomic E-state index is -3.69. The van der Waals surface area contributed by atoms with Crippen molar-refractivity contribution in [2.45, 2.75) is 24.2 Å². The molecule has 1 aromatic heterocycles. The first kappa shape index (κ1) is 20.9. The number of halogens is 1. The summed E-state index contributed by atoms with van der Waals surface area (Å²) in [6.45, 7) is 0.724. The van der Waals surface area contributed by atoms with Gasteiger partial charge in [-0.05, 0) is 49.2 Å². The maximum Gasteiger partial charge on any atom is 0.309 e. The number of hydrogen-bond donors (Lipinski definition) is 0. The number of carbonyl (C=O) groups excluding carboxylic acids is 1. The fourth-order valence-corrected chi connectivity index (χ4v) is 5.89. The van der Waals surface area contributed by atoms with Crippen LogP contribution in [0.5, 0.6) is 0 Å². The quantitative estimate of drug-likeness (QED) is 0.539. The zero-order chi connectivity index (χ0) is 21.1. The van der Waals surface area contributed by atoms with Crippen LogP contribution < -0.4 is 0 Å². The van der Waals surface area contributed by atoms with Crippen LogP contribution in [-0.2, 0) is 26.0 Å². The predicted octanol–water partition coefficient (Wildman–Crippen LogP) is 3.62. The summed E-state index contributed by atoms with van der Waals surface area (Å²) in [6.07, 6.45) is 1.36. The zero-order valence-electron chi connectivity index (χ0n) is 16.2. The molecule has 0 N–H and O–H groups in total. The lowest BCUT2D eigenvalue weighted by Gasteiger charge is -2.30. The fourth-order valence-electron chi connectivity index (χ4n) is 3.47. The summed E-state index contributed by atoms with van der Waals surface area (Å²) in [5, 5.41) is 0.921. The number of para-hydroxylation sites is 1. The second-order valence-corrected chi connectivity index (χ2v) is 10.2. The summed E-state index contributed by atoms with van der Waals surface area (Å²) in [5.41, 5.74) is 0.943. The van der Waals surface area contributed by atoms with E-state index in [2.05, 4.69) is 4.98 Å². The molecule has 0 atom stereocenters. The van der Waals surface area contributed by atoms with Gasteiger partial charge in [-0.3, -0.25) is 4.79 Å². The van der Waals surface area contributed by atoms with Gasteiger partial charge in [-0.15, -0.1) is 11.3 Å². The molecule has 4 rings (SSSR count). The summed E-state index contributed by atoms with van der Waals surface area (Å²) in [5.74, 6) is -1.10. The molecule has 0 amide bonds. The molecule has 0 bridgehead atoms. The number of ether oxygens (including phenoxy) is 1. The van der Waals surface area contributed by atoms with Gasteiger partial charge in [0, 0.05) is 19.5 Å². The Morgan fingerprint density at radius 3 is 2.53 bits per heavy atom. The molecule has 2 heterocycles. The van der Waals surface area contributed by atoms with E-state index in [1.165, 1.54) is 16.4 Å². The Morgan fingerprint density at radius 1 is 1.13 bits per heavy atom. The van der Waals surface area contributed by atoms with E-state index in [0.29, 0.717) is 19.3 Å². The molecule has 0 radical (unpaired) electrons. The first-order valence-electron chi connectivity index (χ1n) is 9.70. The number of sulfonamides is 1. The molecule has 0 aliphatic carbocycles. The van der Waals surface area contributed by atoms with Crippen LogP contribution in [0, 0.1) is 11.7 Å². The van der Waals surface area contributed by atoms with Crippen LogP contribution in [0.15, 0.2) is 53.4 Å². The van der Waals surface area contributed by atoms with Crippen molar-refractivity contribution in [3.8, 4) is 0 Å². The third kappa shape index (κ3) is 4.53. The van der Waals surface area contributed by atoms with E-state index in [1.54, 1.807) is 11.3 Å². The zero-order valence-corrected chi connectivity index (χ0v) is 17.8. The van der Waals surface area contributed by atoms with Gasteiger partial charge in [0.25, 0.3) is 0 Å². The van der Waals surface area contributed by atoms with Gasteiger partial charge in [0.15, 0.2) is 0 Å². The largest absolute Gasteiger partial charge is 0.465 e. The van der Waals surface area contributed by atoms with Crippen LogP contribution in [0.3, 0.4) is 0 Å². The van der Waals surface area contributed by atoms with Crippen molar-refractivity contribution < 1.29 is 22.3 Å². The smallest absolute Gasteiger partial charge is 0.309 e. The summed E-state index contributed by atoms with van der Waals surface area (Å²) < 4.78 is 46.2. The molecular formula is C21H21FN2O4S2. The van der Waals surface area contributed by atoms with Crippen LogP contribution >= 0.6 is 11.3 Å². The average molecular weight is 449 g/mol. The highest BCUT2D eigenvalue weighted by atomic mass is 32.2. The highest BCUT2D eigenvalue weighted by Crippen LogP contribution is 2.25. The van der Waals surface area contributed by atoms with Gasteiger partial charge < -0.3 is 4.74 Å². The number of esters is 1. The molecule has 0 saturated carbocycles. The maximum absolute atomic E-state index is 13.1. The molecule has 1 saturated heterocycles. The fraction of sp³-hybridized carbons (Fsp3) is 0.333. The molecular weight excluding hydrogens is 427 g/mol. The van der Waals surface area contributed by atoms with Crippen LogP contribution in [0.25, 0.3) is 10.2 Å².